The van der Waals surface area contributed by atoms with Crippen molar-refractivity contribution < 1.29 is 27.1 Å². The Hall–Kier alpha value is -2.81. The van der Waals surface area contributed by atoms with E-state index in [-0.39, 0.29) is 11.7 Å². The van der Waals surface area contributed by atoms with Crippen LogP contribution in [0.5, 0.6) is 11.5 Å². The summed E-state index contributed by atoms with van der Waals surface area (Å²) in [5, 5.41) is 2.80. The SMILES string of the molecule is CC[C@H](NC(=O)CN(c1ccccc1F)S(C)(=O)=O)c1ccc(OC)c(OC)c1. The molecule has 1 amide bonds. The van der Waals surface area contributed by atoms with Gasteiger partial charge in [0.1, 0.15) is 12.4 Å². The molecule has 0 aliphatic rings. The van der Waals surface area contributed by atoms with E-state index in [1.54, 1.807) is 18.2 Å². The molecule has 0 saturated heterocycles. The van der Waals surface area contributed by atoms with Crippen molar-refractivity contribution in [2.45, 2.75) is 19.4 Å². The van der Waals surface area contributed by atoms with Crippen LogP contribution in [0.2, 0.25) is 0 Å². The van der Waals surface area contributed by atoms with E-state index in [0.717, 1.165) is 22.2 Å². The van der Waals surface area contributed by atoms with E-state index in [9.17, 15) is 17.6 Å². The van der Waals surface area contributed by atoms with Crippen LogP contribution < -0.4 is 19.1 Å². The maximum Gasteiger partial charge on any atom is 0.241 e. The number of methoxy groups -OCH3 is 2. The highest BCUT2D eigenvalue weighted by atomic mass is 32.2. The maximum atomic E-state index is 14.1. The van der Waals surface area contributed by atoms with Crippen LogP contribution in [0.1, 0.15) is 24.9 Å². The Morgan fingerprint density at radius 1 is 1.14 bits per heavy atom. The van der Waals surface area contributed by atoms with Gasteiger partial charge in [0.2, 0.25) is 15.9 Å². The van der Waals surface area contributed by atoms with Gasteiger partial charge in [-0.3, -0.25) is 9.10 Å². The van der Waals surface area contributed by atoms with E-state index in [0.29, 0.717) is 17.9 Å². The summed E-state index contributed by atoms with van der Waals surface area (Å²) in [7, 11) is -0.826. The van der Waals surface area contributed by atoms with Gasteiger partial charge in [0, 0.05) is 0 Å². The standard InChI is InChI=1S/C20H25FN2O5S/c1-5-16(14-10-11-18(27-2)19(12-14)28-3)22-20(24)13-23(29(4,25)26)17-9-7-6-8-15(17)21/h6-12,16H,5,13H2,1-4H3,(H,22,24)/t16-/m0/s1. The highest BCUT2D eigenvalue weighted by Crippen LogP contribution is 2.31. The fourth-order valence-corrected chi connectivity index (χ4v) is 3.75. The molecule has 7 nitrogen and oxygen atoms in total. The summed E-state index contributed by atoms with van der Waals surface area (Å²) in [5.74, 6) is -0.208. The van der Waals surface area contributed by atoms with Gasteiger partial charge in [-0.15, -0.1) is 0 Å². The number of para-hydroxylation sites is 1. The zero-order chi connectivity index (χ0) is 21.6. The molecule has 9 heteroatoms. The number of ether oxygens (including phenoxy) is 2. The lowest BCUT2D eigenvalue weighted by Gasteiger charge is -2.24. The van der Waals surface area contributed by atoms with Crippen molar-refractivity contribution in [1.82, 2.24) is 5.32 Å². The van der Waals surface area contributed by atoms with Crippen LogP contribution in [0.25, 0.3) is 0 Å². The van der Waals surface area contributed by atoms with Crippen LogP contribution in [-0.2, 0) is 14.8 Å². The monoisotopic (exact) mass is 424 g/mol. The second-order valence-corrected chi connectivity index (χ2v) is 8.27. The Balaban J connectivity index is 2.23. The minimum Gasteiger partial charge on any atom is -0.493 e. The smallest absolute Gasteiger partial charge is 0.241 e. The number of rotatable bonds is 9. The van der Waals surface area contributed by atoms with Crippen LogP contribution in [0, 0.1) is 5.82 Å². The Morgan fingerprint density at radius 2 is 1.79 bits per heavy atom. The number of amides is 1. The summed E-state index contributed by atoms with van der Waals surface area (Å²) < 4.78 is 49.7. The largest absolute Gasteiger partial charge is 0.493 e. The third kappa shape index (κ3) is 5.60. The molecule has 2 rings (SSSR count). The number of carbonyl (C=O) groups excluding carboxylic acids is 1. The number of hydrogen-bond donors (Lipinski definition) is 1. The Kier molecular flexibility index (Phi) is 7.44. The molecule has 158 valence electrons. The fraction of sp³-hybridized carbons (Fsp3) is 0.350. The highest BCUT2D eigenvalue weighted by molar-refractivity contribution is 7.92. The number of nitrogens with zero attached hydrogens (tertiary/aromatic N) is 1. The van der Waals surface area contributed by atoms with Crippen LogP contribution in [0.3, 0.4) is 0 Å². The van der Waals surface area contributed by atoms with Gasteiger partial charge in [-0.1, -0.05) is 25.1 Å². The second-order valence-electron chi connectivity index (χ2n) is 6.36. The number of benzene rings is 2. The predicted molar refractivity (Wildman–Crippen MR) is 109 cm³/mol. The molecule has 0 saturated carbocycles. The van der Waals surface area contributed by atoms with Gasteiger partial charge in [-0.25, -0.2) is 12.8 Å². The number of hydrogen-bond acceptors (Lipinski definition) is 5. The van der Waals surface area contributed by atoms with E-state index in [2.05, 4.69) is 5.32 Å². The molecular formula is C20H25FN2O5S. The summed E-state index contributed by atoms with van der Waals surface area (Å²) in [6.07, 6.45) is 1.48. The lowest BCUT2D eigenvalue weighted by molar-refractivity contribution is -0.120. The predicted octanol–water partition coefficient (Wildman–Crippen LogP) is 2.88. The first-order chi connectivity index (χ1) is 13.7. The van der Waals surface area contributed by atoms with E-state index in [4.69, 9.17) is 9.47 Å². The van der Waals surface area contributed by atoms with E-state index >= 15 is 0 Å². The third-order valence-electron chi connectivity index (χ3n) is 4.36. The summed E-state index contributed by atoms with van der Waals surface area (Å²) in [6, 6.07) is 10.3. The molecule has 0 aromatic heterocycles. The van der Waals surface area contributed by atoms with Gasteiger partial charge >= 0.3 is 0 Å². The zero-order valence-corrected chi connectivity index (χ0v) is 17.6. The van der Waals surface area contributed by atoms with Crippen molar-refractivity contribution in [2.75, 3.05) is 31.3 Å². The summed E-state index contributed by atoms with van der Waals surface area (Å²) in [5.41, 5.74) is 0.597. The normalized spacial score (nSPS) is 12.2. The lowest BCUT2D eigenvalue weighted by Crippen LogP contribution is -2.41. The van der Waals surface area contributed by atoms with E-state index < -0.39 is 28.3 Å². The zero-order valence-electron chi connectivity index (χ0n) is 16.8. The minimum absolute atomic E-state index is 0.177. The molecule has 0 bridgehead atoms. The first kappa shape index (κ1) is 22.5. The molecule has 2 aromatic rings. The number of halogens is 1. The quantitative estimate of drug-likeness (QED) is 0.669. The van der Waals surface area contributed by atoms with Gasteiger partial charge in [0.25, 0.3) is 0 Å². The molecule has 0 aliphatic carbocycles. The van der Waals surface area contributed by atoms with Crippen LogP contribution in [0.15, 0.2) is 42.5 Å². The molecule has 0 heterocycles. The van der Waals surface area contributed by atoms with Gasteiger partial charge in [-0.2, -0.15) is 0 Å². The third-order valence-corrected chi connectivity index (χ3v) is 5.49. The lowest BCUT2D eigenvalue weighted by atomic mass is 10.0. The van der Waals surface area contributed by atoms with Crippen molar-refractivity contribution in [3.63, 3.8) is 0 Å². The van der Waals surface area contributed by atoms with Crippen molar-refractivity contribution >= 4 is 21.6 Å². The average Bonchev–Trinajstić information content (AvgIpc) is 2.69. The number of carbonyl (C=O) groups is 1. The number of anilines is 1. The topological polar surface area (TPSA) is 84.9 Å². The highest BCUT2D eigenvalue weighted by Gasteiger charge is 2.25. The van der Waals surface area contributed by atoms with Crippen molar-refractivity contribution in [2.24, 2.45) is 0 Å². The fourth-order valence-electron chi connectivity index (χ4n) is 2.90. The first-order valence-corrected chi connectivity index (χ1v) is 10.8. The molecule has 29 heavy (non-hydrogen) atoms. The van der Waals surface area contributed by atoms with Crippen molar-refractivity contribution in [3.8, 4) is 11.5 Å². The van der Waals surface area contributed by atoms with Gasteiger partial charge in [0.15, 0.2) is 11.5 Å². The molecule has 1 atom stereocenters. The second kappa shape index (κ2) is 9.60. The van der Waals surface area contributed by atoms with Crippen molar-refractivity contribution in [3.05, 3.63) is 53.8 Å². The summed E-state index contributed by atoms with van der Waals surface area (Å²) >= 11 is 0. The average molecular weight is 424 g/mol. The molecule has 2 aromatic carbocycles. The molecule has 0 aliphatic heterocycles. The van der Waals surface area contributed by atoms with Gasteiger partial charge < -0.3 is 14.8 Å². The van der Waals surface area contributed by atoms with Crippen LogP contribution >= 0.6 is 0 Å². The Morgan fingerprint density at radius 3 is 2.34 bits per heavy atom. The summed E-state index contributed by atoms with van der Waals surface area (Å²) in [6.45, 7) is 1.34. The molecule has 0 radical (unpaired) electrons. The minimum atomic E-state index is -3.87. The van der Waals surface area contributed by atoms with Crippen molar-refractivity contribution in [1.29, 1.82) is 0 Å². The van der Waals surface area contributed by atoms with Gasteiger partial charge in [0.05, 0.1) is 32.2 Å². The Bertz CT molecular complexity index is 965. The molecule has 0 unspecified atom stereocenters. The van der Waals surface area contributed by atoms with Crippen LogP contribution in [-0.4, -0.2) is 41.3 Å². The van der Waals surface area contributed by atoms with E-state index in [1.807, 2.05) is 6.92 Å². The van der Waals surface area contributed by atoms with Crippen LogP contribution in [0.4, 0.5) is 10.1 Å². The first-order valence-electron chi connectivity index (χ1n) is 8.94. The molecular weight excluding hydrogens is 399 g/mol. The molecule has 0 spiro atoms. The van der Waals surface area contributed by atoms with Gasteiger partial charge in [-0.05, 0) is 36.2 Å². The summed E-state index contributed by atoms with van der Waals surface area (Å²) in [4.78, 5) is 12.6. The Labute approximate surface area is 170 Å². The number of nitrogens with one attached hydrogen (secondary N) is 1. The van der Waals surface area contributed by atoms with E-state index in [1.165, 1.54) is 32.4 Å². The molecule has 1 N–H and O–H groups in total. The molecule has 0 fully saturated rings. The maximum absolute atomic E-state index is 14.1. The number of sulfonamides is 1.